The van der Waals surface area contributed by atoms with Crippen LogP contribution in [0.5, 0.6) is 0 Å². The zero-order valence-electron chi connectivity index (χ0n) is 9.88. The van der Waals surface area contributed by atoms with E-state index < -0.39 is 41.3 Å². The Hall–Kier alpha value is -0.630. The van der Waals surface area contributed by atoms with Crippen molar-refractivity contribution in [3.8, 4) is 0 Å². The van der Waals surface area contributed by atoms with Gasteiger partial charge in [0.2, 0.25) is 0 Å². The van der Waals surface area contributed by atoms with Gasteiger partial charge in [0.15, 0.2) is 0 Å². The molecule has 2 heterocycles. The first-order valence-corrected chi connectivity index (χ1v) is 9.07. The van der Waals surface area contributed by atoms with Gasteiger partial charge in [-0.1, -0.05) is 0 Å². The van der Waals surface area contributed by atoms with Crippen molar-refractivity contribution in [1.82, 2.24) is 0 Å². The molecule has 2 N–H and O–H groups in total. The van der Waals surface area contributed by atoms with Crippen molar-refractivity contribution >= 4 is 25.6 Å². The molecule has 2 rings (SSSR count). The molecular formula is C12H13F3INO. The SMILES string of the molecule is CC(C)=CC(=O)C1=C(C(F)(F)F)[C@H]2C(N)I2C=C1. The summed E-state index contributed by atoms with van der Waals surface area (Å²) < 4.78 is 39.9. The number of carbonyl (C=O) groups is 1. The Morgan fingerprint density at radius 2 is 2.06 bits per heavy atom. The number of fused-ring (bicyclic) bond motifs is 1. The fourth-order valence-corrected chi connectivity index (χ4v) is 7.69. The average Bonchev–Trinajstić information content (AvgIpc) is 2.86. The quantitative estimate of drug-likeness (QED) is 0.351. The number of hydrogen-bond donors (Lipinski definition) is 1. The van der Waals surface area contributed by atoms with Crippen LogP contribution in [0.3, 0.4) is 0 Å². The molecule has 0 spiro atoms. The molecule has 6 heteroatoms. The van der Waals surface area contributed by atoms with E-state index >= 15 is 0 Å². The summed E-state index contributed by atoms with van der Waals surface area (Å²) in [6, 6.07) is 0. The summed E-state index contributed by atoms with van der Waals surface area (Å²) in [6.07, 6.45) is -1.89. The van der Waals surface area contributed by atoms with Crippen LogP contribution < -0.4 is 5.73 Å². The molecule has 1 fully saturated rings. The fourth-order valence-electron chi connectivity index (χ4n) is 1.91. The fraction of sp³-hybridized carbons (Fsp3) is 0.417. The van der Waals surface area contributed by atoms with Gasteiger partial charge in [-0.15, -0.1) is 0 Å². The second kappa shape index (κ2) is 4.48. The van der Waals surface area contributed by atoms with Gasteiger partial charge in [0.05, 0.1) is 0 Å². The molecule has 0 radical (unpaired) electrons. The van der Waals surface area contributed by atoms with E-state index in [9.17, 15) is 18.0 Å². The van der Waals surface area contributed by atoms with Crippen LogP contribution in [0.4, 0.5) is 13.2 Å². The summed E-state index contributed by atoms with van der Waals surface area (Å²) in [5.74, 6) is -0.576. The molecule has 0 aromatic carbocycles. The number of carbonyl (C=O) groups excluding carboxylic acids is 1. The van der Waals surface area contributed by atoms with Gasteiger partial charge in [-0.05, 0) is 0 Å². The molecular weight excluding hydrogens is 358 g/mol. The van der Waals surface area contributed by atoms with E-state index in [4.69, 9.17) is 5.73 Å². The van der Waals surface area contributed by atoms with Crippen LogP contribution in [-0.4, -0.2) is 19.9 Å². The molecule has 0 bridgehead atoms. The van der Waals surface area contributed by atoms with E-state index in [0.717, 1.165) is 0 Å². The average molecular weight is 371 g/mol. The van der Waals surface area contributed by atoms with Crippen LogP contribution in [0.15, 0.2) is 33.0 Å². The maximum atomic E-state index is 13.0. The first-order chi connectivity index (χ1) is 8.23. The van der Waals surface area contributed by atoms with Gasteiger partial charge in [0.25, 0.3) is 0 Å². The standard InChI is InChI=1S/C12H13F3INO/c1-6(2)5-8(18)7-3-4-16-10(11(16)17)9(7)12(13,14)15/h3-5,10-11H,17H2,1-2H3/t10-,11?/m0/s1. The Morgan fingerprint density at radius 1 is 1.44 bits per heavy atom. The molecule has 0 aromatic rings. The van der Waals surface area contributed by atoms with Crippen molar-refractivity contribution in [2.24, 2.45) is 5.73 Å². The van der Waals surface area contributed by atoms with Crippen LogP contribution in [0.2, 0.25) is 0 Å². The molecule has 2 aliphatic rings. The van der Waals surface area contributed by atoms with Crippen LogP contribution in [0.1, 0.15) is 13.8 Å². The summed E-state index contributed by atoms with van der Waals surface area (Å²) >= 11 is -1.82. The van der Waals surface area contributed by atoms with Crippen LogP contribution in [-0.2, 0) is 4.79 Å². The topological polar surface area (TPSA) is 43.1 Å². The van der Waals surface area contributed by atoms with Gasteiger partial charge >= 0.3 is 110 Å². The van der Waals surface area contributed by atoms with E-state index in [1.54, 1.807) is 17.9 Å². The van der Waals surface area contributed by atoms with Crippen molar-refractivity contribution in [3.63, 3.8) is 0 Å². The first kappa shape index (κ1) is 13.8. The van der Waals surface area contributed by atoms with Crippen LogP contribution in [0, 0.1) is 0 Å². The Labute approximate surface area is 110 Å². The third-order valence-corrected chi connectivity index (χ3v) is 8.39. The normalized spacial score (nSPS) is 28.0. The van der Waals surface area contributed by atoms with Gasteiger partial charge in [-0.2, -0.15) is 0 Å². The zero-order valence-corrected chi connectivity index (χ0v) is 12.0. The van der Waals surface area contributed by atoms with E-state index in [2.05, 4.69) is 0 Å². The maximum absolute atomic E-state index is 13.0. The van der Waals surface area contributed by atoms with E-state index in [1.165, 1.54) is 12.2 Å². The number of hydrogen-bond acceptors (Lipinski definition) is 2. The molecule has 2 aliphatic heterocycles. The molecule has 1 saturated heterocycles. The molecule has 100 valence electrons. The van der Waals surface area contributed by atoms with Crippen molar-refractivity contribution < 1.29 is 18.0 Å². The van der Waals surface area contributed by atoms with Gasteiger partial charge in [-0.3, -0.25) is 0 Å². The summed E-state index contributed by atoms with van der Waals surface area (Å²) in [5.41, 5.74) is 5.45. The molecule has 0 saturated carbocycles. The first-order valence-electron chi connectivity index (χ1n) is 5.33. The van der Waals surface area contributed by atoms with Crippen LogP contribution >= 0.6 is 19.8 Å². The van der Waals surface area contributed by atoms with Crippen LogP contribution in [0.25, 0.3) is 0 Å². The number of halogens is 4. The summed E-state index contributed by atoms with van der Waals surface area (Å²) in [4.78, 5) is 11.8. The van der Waals surface area contributed by atoms with Crippen molar-refractivity contribution in [2.75, 3.05) is 0 Å². The summed E-state index contributed by atoms with van der Waals surface area (Å²) in [7, 11) is 0. The molecule has 0 aromatic heterocycles. The zero-order chi connectivity index (χ0) is 13.7. The summed E-state index contributed by atoms with van der Waals surface area (Å²) in [5, 5.41) is 0. The minimum absolute atomic E-state index is 0.227. The number of ketones is 1. The number of nitrogens with two attached hydrogens (primary N) is 1. The van der Waals surface area contributed by atoms with Crippen molar-refractivity contribution in [2.45, 2.75) is 28.0 Å². The number of rotatable bonds is 2. The molecule has 0 amide bonds. The molecule has 2 atom stereocenters. The van der Waals surface area contributed by atoms with E-state index in [0.29, 0.717) is 5.57 Å². The molecule has 1 unspecified atom stereocenters. The Morgan fingerprint density at radius 3 is 2.56 bits per heavy atom. The third-order valence-electron chi connectivity index (χ3n) is 2.71. The van der Waals surface area contributed by atoms with Crippen molar-refractivity contribution in [1.29, 1.82) is 0 Å². The van der Waals surface area contributed by atoms with Gasteiger partial charge in [0, 0.05) is 0 Å². The monoisotopic (exact) mass is 371 g/mol. The molecule has 18 heavy (non-hydrogen) atoms. The minimum atomic E-state index is -4.46. The predicted molar refractivity (Wildman–Crippen MR) is 72.4 cm³/mol. The second-order valence-electron chi connectivity index (χ2n) is 4.43. The summed E-state index contributed by atoms with van der Waals surface area (Å²) in [6.45, 7) is 3.36. The van der Waals surface area contributed by atoms with E-state index in [-0.39, 0.29) is 9.62 Å². The van der Waals surface area contributed by atoms with Crippen molar-refractivity contribution in [3.05, 3.63) is 33.0 Å². The van der Waals surface area contributed by atoms with Gasteiger partial charge in [-0.25, -0.2) is 0 Å². The number of allylic oxidation sites excluding steroid dienone is 4. The Kier molecular flexibility index (Phi) is 3.44. The predicted octanol–water partition coefficient (Wildman–Crippen LogP) is 3.08. The molecule has 2 nitrogen and oxygen atoms in total. The van der Waals surface area contributed by atoms with Gasteiger partial charge in [0.1, 0.15) is 0 Å². The van der Waals surface area contributed by atoms with E-state index in [1.807, 2.05) is 0 Å². The second-order valence-corrected chi connectivity index (χ2v) is 10.1. The third kappa shape index (κ3) is 2.40. The Bertz CT molecular complexity index is 486. The number of alkyl halides is 5. The Balaban J connectivity index is 2.47. The van der Waals surface area contributed by atoms with Gasteiger partial charge < -0.3 is 0 Å². The molecule has 0 aliphatic carbocycles.